The highest BCUT2D eigenvalue weighted by Gasteiger charge is 2.08. The monoisotopic (exact) mass is 282 g/mol. The average molecular weight is 282 g/mol. The van der Waals surface area contributed by atoms with E-state index in [0.717, 1.165) is 12.1 Å². The van der Waals surface area contributed by atoms with Gasteiger partial charge in [0.25, 0.3) is 0 Å². The third-order valence-electron chi connectivity index (χ3n) is 3.17. The van der Waals surface area contributed by atoms with Gasteiger partial charge in [0.05, 0.1) is 6.54 Å². The maximum Gasteiger partial charge on any atom is 0.234 e. The second kappa shape index (κ2) is 8.66. The molecule has 0 bridgehead atoms. The van der Waals surface area contributed by atoms with Crippen LogP contribution >= 0.6 is 0 Å². The molecule has 4 nitrogen and oxygen atoms in total. The third-order valence-corrected chi connectivity index (χ3v) is 3.17. The molecule has 0 atom stereocenters. The Morgan fingerprint density at radius 2 is 2.20 bits per heavy atom. The van der Waals surface area contributed by atoms with E-state index in [1.54, 1.807) is 13.0 Å². The SMILES string of the molecule is CCN(CCCO)CC(=O)NCc1ccc(C)c(F)c1. The molecule has 1 aromatic carbocycles. The zero-order valence-corrected chi connectivity index (χ0v) is 12.2. The van der Waals surface area contributed by atoms with Crippen LogP contribution in [0.1, 0.15) is 24.5 Å². The van der Waals surface area contributed by atoms with E-state index in [0.29, 0.717) is 31.6 Å². The minimum absolute atomic E-state index is 0.0919. The van der Waals surface area contributed by atoms with Crippen LogP contribution in [0.3, 0.4) is 0 Å². The van der Waals surface area contributed by atoms with Crippen molar-refractivity contribution in [3.63, 3.8) is 0 Å². The number of aliphatic hydroxyl groups excluding tert-OH is 1. The molecule has 1 aromatic rings. The minimum Gasteiger partial charge on any atom is -0.396 e. The first-order valence-electron chi connectivity index (χ1n) is 6.91. The molecule has 112 valence electrons. The lowest BCUT2D eigenvalue weighted by Gasteiger charge is -2.19. The standard InChI is InChI=1S/C15H23FN2O2/c1-3-18(7-4-8-19)11-15(20)17-10-13-6-5-12(2)14(16)9-13/h5-6,9,19H,3-4,7-8,10-11H2,1-2H3,(H,17,20). The number of likely N-dealkylation sites (N-methyl/N-ethyl adjacent to an activating group) is 1. The number of halogens is 1. The van der Waals surface area contributed by atoms with Crippen molar-refractivity contribution in [2.24, 2.45) is 0 Å². The number of aliphatic hydroxyl groups is 1. The van der Waals surface area contributed by atoms with Crippen LogP contribution in [0.4, 0.5) is 4.39 Å². The third kappa shape index (κ3) is 5.67. The molecule has 0 aliphatic carbocycles. The topological polar surface area (TPSA) is 52.6 Å². The molecule has 0 saturated carbocycles. The van der Waals surface area contributed by atoms with Gasteiger partial charge in [0, 0.05) is 19.7 Å². The van der Waals surface area contributed by atoms with E-state index in [1.807, 2.05) is 17.9 Å². The molecule has 0 unspecified atom stereocenters. The zero-order valence-electron chi connectivity index (χ0n) is 12.2. The number of hydrogen-bond donors (Lipinski definition) is 2. The highest BCUT2D eigenvalue weighted by Crippen LogP contribution is 2.08. The van der Waals surface area contributed by atoms with Crippen LogP contribution in [0.25, 0.3) is 0 Å². The number of carbonyl (C=O) groups excluding carboxylic acids is 1. The van der Waals surface area contributed by atoms with E-state index >= 15 is 0 Å². The van der Waals surface area contributed by atoms with E-state index in [9.17, 15) is 9.18 Å². The van der Waals surface area contributed by atoms with Crippen LogP contribution < -0.4 is 5.32 Å². The number of hydrogen-bond acceptors (Lipinski definition) is 3. The second-order valence-electron chi connectivity index (χ2n) is 4.81. The molecule has 0 saturated heterocycles. The Morgan fingerprint density at radius 3 is 2.80 bits per heavy atom. The van der Waals surface area contributed by atoms with Crippen molar-refractivity contribution in [1.82, 2.24) is 10.2 Å². The van der Waals surface area contributed by atoms with Crippen molar-refractivity contribution in [3.05, 3.63) is 35.1 Å². The first kappa shape index (κ1) is 16.6. The number of carbonyl (C=O) groups is 1. The maximum absolute atomic E-state index is 13.4. The van der Waals surface area contributed by atoms with Crippen molar-refractivity contribution in [3.8, 4) is 0 Å². The Bertz CT molecular complexity index is 438. The number of rotatable bonds is 8. The van der Waals surface area contributed by atoms with Gasteiger partial charge in [-0.25, -0.2) is 4.39 Å². The molecule has 0 aromatic heterocycles. The number of benzene rings is 1. The molecule has 0 spiro atoms. The van der Waals surface area contributed by atoms with Crippen LogP contribution in [0.2, 0.25) is 0 Å². The van der Waals surface area contributed by atoms with Crippen LogP contribution in [-0.2, 0) is 11.3 Å². The number of nitrogens with one attached hydrogen (secondary N) is 1. The van der Waals surface area contributed by atoms with E-state index in [-0.39, 0.29) is 18.3 Å². The summed E-state index contributed by atoms with van der Waals surface area (Å²) in [4.78, 5) is 13.8. The van der Waals surface area contributed by atoms with E-state index in [2.05, 4.69) is 5.32 Å². The van der Waals surface area contributed by atoms with Gasteiger partial charge in [-0.3, -0.25) is 9.69 Å². The zero-order chi connectivity index (χ0) is 15.0. The summed E-state index contributed by atoms with van der Waals surface area (Å²) in [5.74, 6) is -0.347. The Balaban J connectivity index is 2.40. The Hall–Kier alpha value is -1.46. The predicted octanol–water partition coefficient (Wildman–Crippen LogP) is 1.45. The lowest BCUT2D eigenvalue weighted by molar-refractivity contribution is -0.122. The predicted molar refractivity (Wildman–Crippen MR) is 76.8 cm³/mol. The van der Waals surface area contributed by atoms with Gasteiger partial charge in [-0.1, -0.05) is 19.1 Å². The molecular formula is C15H23FN2O2. The van der Waals surface area contributed by atoms with Gasteiger partial charge in [-0.05, 0) is 37.1 Å². The van der Waals surface area contributed by atoms with Crippen molar-refractivity contribution in [2.45, 2.75) is 26.8 Å². The van der Waals surface area contributed by atoms with Crippen LogP contribution in [0, 0.1) is 12.7 Å². The van der Waals surface area contributed by atoms with Gasteiger partial charge in [0.15, 0.2) is 0 Å². The van der Waals surface area contributed by atoms with Crippen LogP contribution in [0.5, 0.6) is 0 Å². The molecule has 20 heavy (non-hydrogen) atoms. The summed E-state index contributed by atoms with van der Waals surface area (Å²) >= 11 is 0. The molecule has 0 aliphatic rings. The molecule has 0 radical (unpaired) electrons. The molecule has 0 fully saturated rings. The van der Waals surface area contributed by atoms with Crippen molar-refractivity contribution in [2.75, 3.05) is 26.2 Å². The molecule has 0 aliphatic heterocycles. The number of nitrogens with zero attached hydrogens (tertiary/aromatic N) is 1. The minimum atomic E-state index is -0.255. The summed E-state index contributed by atoms with van der Waals surface area (Å²) in [5.41, 5.74) is 1.35. The summed E-state index contributed by atoms with van der Waals surface area (Å²) in [5, 5.41) is 11.6. The van der Waals surface area contributed by atoms with E-state index in [1.165, 1.54) is 6.07 Å². The molecule has 1 rings (SSSR count). The van der Waals surface area contributed by atoms with Crippen molar-refractivity contribution < 1.29 is 14.3 Å². The lowest BCUT2D eigenvalue weighted by atomic mass is 10.1. The summed E-state index contributed by atoms with van der Waals surface area (Å²) in [6.07, 6.45) is 0.657. The fraction of sp³-hybridized carbons (Fsp3) is 0.533. The smallest absolute Gasteiger partial charge is 0.234 e. The fourth-order valence-electron chi connectivity index (χ4n) is 1.85. The van der Waals surface area contributed by atoms with E-state index < -0.39 is 0 Å². The Morgan fingerprint density at radius 1 is 1.45 bits per heavy atom. The quantitative estimate of drug-likeness (QED) is 0.759. The Labute approximate surface area is 119 Å². The van der Waals surface area contributed by atoms with Crippen LogP contribution in [-0.4, -0.2) is 42.2 Å². The molecule has 0 heterocycles. The highest BCUT2D eigenvalue weighted by molar-refractivity contribution is 5.78. The van der Waals surface area contributed by atoms with Gasteiger partial charge < -0.3 is 10.4 Å². The van der Waals surface area contributed by atoms with Crippen LogP contribution in [0.15, 0.2) is 18.2 Å². The first-order valence-corrected chi connectivity index (χ1v) is 6.91. The van der Waals surface area contributed by atoms with Gasteiger partial charge >= 0.3 is 0 Å². The first-order chi connectivity index (χ1) is 9.56. The summed E-state index contributed by atoms with van der Waals surface area (Å²) in [7, 11) is 0. The summed E-state index contributed by atoms with van der Waals surface area (Å²) in [6, 6.07) is 4.96. The molecule has 5 heteroatoms. The highest BCUT2D eigenvalue weighted by atomic mass is 19.1. The maximum atomic E-state index is 13.4. The van der Waals surface area contributed by atoms with Gasteiger partial charge in [-0.2, -0.15) is 0 Å². The van der Waals surface area contributed by atoms with E-state index in [4.69, 9.17) is 5.11 Å². The number of amides is 1. The fourth-order valence-corrected chi connectivity index (χ4v) is 1.85. The largest absolute Gasteiger partial charge is 0.396 e. The van der Waals surface area contributed by atoms with Gasteiger partial charge in [-0.15, -0.1) is 0 Å². The summed E-state index contributed by atoms with van der Waals surface area (Å²) < 4.78 is 13.4. The molecule has 2 N–H and O–H groups in total. The Kier molecular flexibility index (Phi) is 7.18. The summed E-state index contributed by atoms with van der Waals surface area (Å²) in [6.45, 7) is 5.88. The molecular weight excluding hydrogens is 259 g/mol. The van der Waals surface area contributed by atoms with Gasteiger partial charge in [0.2, 0.25) is 5.91 Å². The van der Waals surface area contributed by atoms with Crippen molar-refractivity contribution in [1.29, 1.82) is 0 Å². The lowest BCUT2D eigenvalue weighted by Crippen LogP contribution is -2.37. The normalized spacial score (nSPS) is 10.8. The van der Waals surface area contributed by atoms with Crippen molar-refractivity contribution >= 4 is 5.91 Å². The number of aryl methyl sites for hydroxylation is 1. The molecule has 1 amide bonds. The van der Waals surface area contributed by atoms with Gasteiger partial charge in [0.1, 0.15) is 5.82 Å². The average Bonchev–Trinajstić information content (AvgIpc) is 2.44. The second-order valence-corrected chi connectivity index (χ2v) is 4.81.